The zero-order chi connectivity index (χ0) is 12.8. The van der Waals surface area contributed by atoms with Crippen molar-refractivity contribution >= 4 is 5.69 Å². The number of hydrogen-bond donors (Lipinski definition) is 2. The number of β-amino-alcohol motifs (C(OH)–C–C–N with tert-alkyl or cyclic N) is 1. The molecule has 1 aliphatic rings. The summed E-state index contributed by atoms with van der Waals surface area (Å²) in [6.45, 7) is 5.89. The minimum Gasteiger partial charge on any atom is -0.491 e. The van der Waals surface area contributed by atoms with E-state index in [4.69, 9.17) is 4.74 Å². The van der Waals surface area contributed by atoms with Gasteiger partial charge in [-0.05, 0) is 25.1 Å². The summed E-state index contributed by atoms with van der Waals surface area (Å²) in [6.07, 6.45) is 0.638. The van der Waals surface area contributed by atoms with Gasteiger partial charge in [-0.3, -0.25) is 0 Å². The van der Waals surface area contributed by atoms with Crippen LogP contribution in [0.3, 0.4) is 0 Å². The van der Waals surface area contributed by atoms with Crippen LogP contribution in [0.5, 0.6) is 5.75 Å². The number of benzene rings is 1. The van der Waals surface area contributed by atoms with E-state index in [2.05, 4.69) is 16.3 Å². The van der Waals surface area contributed by atoms with E-state index in [9.17, 15) is 5.11 Å². The Morgan fingerprint density at radius 1 is 1.44 bits per heavy atom. The van der Waals surface area contributed by atoms with Crippen LogP contribution in [0.4, 0.5) is 5.69 Å². The first-order valence-corrected chi connectivity index (χ1v) is 6.67. The molecule has 1 atom stereocenters. The highest BCUT2D eigenvalue weighted by molar-refractivity contribution is 5.59. The summed E-state index contributed by atoms with van der Waals surface area (Å²) in [6, 6.07) is 8.04. The summed E-state index contributed by atoms with van der Waals surface area (Å²) in [5, 5.41) is 13.2. The minimum atomic E-state index is -0.351. The third-order valence-corrected chi connectivity index (χ3v) is 3.10. The number of aliphatic hydroxyl groups excluding tert-OH is 1. The Labute approximate surface area is 109 Å². The maximum absolute atomic E-state index is 10.0. The van der Waals surface area contributed by atoms with Crippen LogP contribution < -0.4 is 15.0 Å². The second-order valence-corrected chi connectivity index (χ2v) is 4.58. The molecule has 4 heteroatoms. The van der Waals surface area contributed by atoms with Gasteiger partial charge in [0.2, 0.25) is 0 Å². The predicted octanol–water partition coefficient (Wildman–Crippen LogP) is 1.25. The highest BCUT2D eigenvalue weighted by atomic mass is 16.5. The number of aliphatic hydroxyl groups is 1. The summed E-state index contributed by atoms with van der Waals surface area (Å²) in [5.74, 6) is 0.922. The maximum Gasteiger partial charge on any atom is 0.142 e. The van der Waals surface area contributed by atoms with Crippen LogP contribution in [0, 0.1) is 0 Å². The average molecular weight is 250 g/mol. The van der Waals surface area contributed by atoms with Crippen molar-refractivity contribution < 1.29 is 9.84 Å². The van der Waals surface area contributed by atoms with Gasteiger partial charge in [0.1, 0.15) is 5.75 Å². The predicted molar refractivity (Wildman–Crippen MR) is 73.3 cm³/mol. The summed E-state index contributed by atoms with van der Waals surface area (Å²) >= 11 is 0. The average Bonchev–Trinajstić information content (AvgIpc) is 2.59. The SMILES string of the molecule is CCNCC(O)CN1CCCOc2ccccc21. The van der Waals surface area contributed by atoms with Crippen molar-refractivity contribution in [2.75, 3.05) is 37.7 Å². The van der Waals surface area contributed by atoms with E-state index in [1.165, 1.54) is 0 Å². The molecular formula is C14H22N2O2. The molecule has 0 fully saturated rings. The van der Waals surface area contributed by atoms with Gasteiger partial charge < -0.3 is 20.1 Å². The Kier molecular flexibility index (Phi) is 4.84. The first-order valence-electron chi connectivity index (χ1n) is 6.67. The molecule has 2 rings (SSSR count). The van der Waals surface area contributed by atoms with Crippen molar-refractivity contribution in [3.8, 4) is 5.75 Å². The lowest BCUT2D eigenvalue weighted by molar-refractivity contribution is 0.177. The van der Waals surface area contributed by atoms with Gasteiger partial charge >= 0.3 is 0 Å². The summed E-state index contributed by atoms with van der Waals surface area (Å²) in [4.78, 5) is 2.21. The van der Waals surface area contributed by atoms with Gasteiger partial charge in [0.05, 0.1) is 18.4 Å². The lowest BCUT2D eigenvalue weighted by Gasteiger charge is -2.26. The smallest absolute Gasteiger partial charge is 0.142 e. The number of ether oxygens (including phenoxy) is 1. The van der Waals surface area contributed by atoms with Crippen LogP contribution in [0.15, 0.2) is 24.3 Å². The van der Waals surface area contributed by atoms with Gasteiger partial charge in [-0.1, -0.05) is 19.1 Å². The van der Waals surface area contributed by atoms with Crippen LogP contribution in [-0.2, 0) is 0 Å². The van der Waals surface area contributed by atoms with E-state index in [0.717, 1.165) is 37.6 Å². The number of fused-ring (bicyclic) bond motifs is 1. The third kappa shape index (κ3) is 3.37. The number of anilines is 1. The lowest BCUT2D eigenvalue weighted by atomic mass is 10.2. The fourth-order valence-corrected chi connectivity index (χ4v) is 2.22. The monoisotopic (exact) mass is 250 g/mol. The van der Waals surface area contributed by atoms with Crippen LogP contribution >= 0.6 is 0 Å². The molecule has 1 aliphatic heterocycles. The van der Waals surface area contributed by atoms with Gasteiger partial charge in [-0.15, -0.1) is 0 Å². The van der Waals surface area contributed by atoms with Crippen molar-refractivity contribution in [3.05, 3.63) is 24.3 Å². The zero-order valence-electron chi connectivity index (χ0n) is 10.9. The molecule has 0 saturated carbocycles. The summed E-state index contributed by atoms with van der Waals surface area (Å²) < 4.78 is 5.70. The van der Waals surface area contributed by atoms with Crippen molar-refractivity contribution in [2.45, 2.75) is 19.4 Å². The molecule has 0 spiro atoms. The standard InChI is InChI=1S/C14H22N2O2/c1-2-15-10-12(17)11-16-8-5-9-18-14-7-4-3-6-13(14)16/h3-4,6-7,12,15,17H,2,5,8-11H2,1H3. The normalized spacial score (nSPS) is 16.7. The van der Waals surface area contributed by atoms with Crippen molar-refractivity contribution in [3.63, 3.8) is 0 Å². The molecular weight excluding hydrogens is 228 g/mol. The molecule has 1 aromatic carbocycles. The molecule has 1 heterocycles. The van der Waals surface area contributed by atoms with E-state index < -0.39 is 0 Å². The van der Waals surface area contributed by atoms with Crippen LogP contribution in [-0.4, -0.2) is 44.0 Å². The Morgan fingerprint density at radius 2 is 2.28 bits per heavy atom. The van der Waals surface area contributed by atoms with E-state index in [1.54, 1.807) is 0 Å². The molecule has 0 radical (unpaired) electrons. The number of likely N-dealkylation sites (N-methyl/N-ethyl adjacent to an activating group) is 1. The number of nitrogens with zero attached hydrogens (tertiary/aromatic N) is 1. The van der Waals surface area contributed by atoms with Gasteiger partial charge in [0.15, 0.2) is 0 Å². The van der Waals surface area contributed by atoms with Crippen LogP contribution in [0.2, 0.25) is 0 Å². The lowest BCUT2D eigenvalue weighted by Crippen LogP contribution is -2.38. The van der Waals surface area contributed by atoms with Crippen molar-refractivity contribution in [2.24, 2.45) is 0 Å². The molecule has 1 aromatic rings. The fraction of sp³-hybridized carbons (Fsp3) is 0.571. The van der Waals surface area contributed by atoms with Gasteiger partial charge in [0.25, 0.3) is 0 Å². The van der Waals surface area contributed by atoms with Crippen LogP contribution in [0.25, 0.3) is 0 Å². The van der Waals surface area contributed by atoms with E-state index in [0.29, 0.717) is 13.1 Å². The Hall–Kier alpha value is -1.26. The Morgan fingerprint density at radius 3 is 3.11 bits per heavy atom. The summed E-state index contributed by atoms with van der Waals surface area (Å²) in [5.41, 5.74) is 1.09. The zero-order valence-corrected chi connectivity index (χ0v) is 10.9. The first kappa shape index (κ1) is 13.2. The Balaban J connectivity index is 2.03. The topological polar surface area (TPSA) is 44.7 Å². The number of nitrogens with one attached hydrogen (secondary N) is 1. The maximum atomic E-state index is 10.0. The molecule has 0 amide bonds. The van der Waals surface area contributed by atoms with Gasteiger partial charge in [0, 0.05) is 19.6 Å². The molecule has 0 bridgehead atoms. The first-order chi connectivity index (χ1) is 8.81. The molecule has 4 nitrogen and oxygen atoms in total. The van der Waals surface area contributed by atoms with Gasteiger partial charge in [-0.2, -0.15) is 0 Å². The fourth-order valence-electron chi connectivity index (χ4n) is 2.22. The molecule has 0 aromatic heterocycles. The minimum absolute atomic E-state index is 0.351. The van der Waals surface area contributed by atoms with Crippen LogP contribution in [0.1, 0.15) is 13.3 Å². The van der Waals surface area contributed by atoms with Crippen molar-refractivity contribution in [1.82, 2.24) is 5.32 Å². The molecule has 0 aliphatic carbocycles. The number of para-hydroxylation sites is 2. The molecule has 100 valence electrons. The van der Waals surface area contributed by atoms with E-state index in [-0.39, 0.29) is 6.10 Å². The second kappa shape index (κ2) is 6.61. The summed E-state index contributed by atoms with van der Waals surface area (Å²) in [7, 11) is 0. The third-order valence-electron chi connectivity index (χ3n) is 3.10. The van der Waals surface area contributed by atoms with Gasteiger partial charge in [-0.25, -0.2) is 0 Å². The Bertz CT molecular complexity index is 371. The molecule has 1 unspecified atom stereocenters. The molecule has 0 saturated heterocycles. The molecule has 18 heavy (non-hydrogen) atoms. The number of rotatable bonds is 5. The number of hydrogen-bond acceptors (Lipinski definition) is 4. The van der Waals surface area contributed by atoms with E-state index >= 15 is 0 Å². The molecule has 2 N–H and O–H groups in total. The largest absolute Gasteiger partial charge is 0.491 e. The highest BCUT2D eigenvalue weighted by Crippen LogP contribution is 2.30. The highest BCUT2D eigenvalue weighted by Gasteiger charge is 2.18. The van der Waals surface area contributed by atoms with E-state index in [1.807, 2.05) is 25.1 Å². The second-order valence-electron chi connectivity index (χ2n) is 4.58. The van der Waals surface area contributed by atoms with Crippen molar-refractivity contribution in [1.29, 1.82) is 0 Å². The quantitative estimate of drug-likeness (QED) is 0.825.